The van der Waals surface area contributed by atoms with E-state index in [4.69, 9.17) is 0 Å². The lowest BCUT2D eigenvalue weighted by molar-refractivity contribution is -0.120. The van der Waals surface area contributed by atoms with Gasteiger partial charge in [0, 0.05) is 17.5 Å². The second-order valence-electron chi connectivity index (χ2n) is 5.65. The van der Waals surface area contributed by atoms with Crippen molar-refractivity contribution in [3.8, 4) is 10.6 Å². The van der Waals surface area contributed by atoms with Crippen molar-refractivity contribution in [3.63, 3.8) is 0 Å². The molecule has 0 saturated heterocycles. The first-order valence-corrected chi connectivity index (χ1v) is 8.97. The molecule has 0 aliphatic rings. The molecule has 0 unspecified atom stereocenters. The van der Waals surface area contributed by atoms with Gasteiger partial charge in [0.05, 0.1) is 24.8 Å². The summed E-state index contributed by atoms with van der Waals surface area (Å²) in [6.45, 7) is 0.399. The van der Waals surface area contributed by atoms with E-state index in [9.17, 15) is 9.59 Å². The summed E-state index contributed by atoms with van der Waals surface area (Å²) in [4.78, 5) is 28.1. The van der Waals surface area contributed by atoms with Crippen LogP contribution in [0.3, 0.4) is 0 Å². The van der Waals surface area contributed by atoms with Crippen molar-refractivity contribution in [2.75, 3.05) is 7.11 Å². The number of hydrogen-bond donors (Lipinski definition) is 1. The second kappa shape index (κ2) is 8.40. The van der Waals surface area contributed by atoms with Crippen LogP contribution in [0.2, 0.25) is 0 Å². The molecule has 0 bridgehead atoms. The minimum absolute atomic E-state index is 0.0908. The molecule has 26 heavy (non-hydrogen) atoms. The fourth-order valence-corrected chi connectivity index (χ4v) is 3.23. The summed E-state index contributed by atoms with van der Waals surface area (Å²) in [5.74, 6) is -0.467. The molecule has 0 saturated carbocycles. The predicted octanol–water partition coefficient (Wildman–Crippen LogP) is 3.46. The number of methoxy groups -OCH3 is 1. The lowest BCUT2D eigenvalue weighted by Gasteiger charge is -2.05. The zero-order valence-electron chi connectivity index (χ0n) is 14.3. The maximum Gasteiger partial charge on any atom is 0.337 e. The summed E-state index contributed by atoms with van der Waals surface area (Å²) in [7, 11) is 1.35. The number of nitrogens with zero attached hydrogens (tertiary/aromatic N) is 1. The van der Waals surface area contributed by atoms with Gasteiger partial charge in [-0.15, -0.1) is 11.3 Å². The van der Waals surface area contributed by atoms with Gasteiger partial charge in [0.2, 0.25) is 5.91 Å². The Bertz CT molecular complexity index is 889. The molecule has 1 N–H and O–H groups in total. The lowest BCUT2D eigenvalue weighted by atomic mass is 10.1. The molecule has 0 aliphatic heterocycles. The molecule has 0 aliphatic carbocycles. The normalized spacial score (nSPS) is 10.3. The second-order valence-corrected chi connectivity index (χ2v) is 6.51. The molecule has 3 aromatic rings. The van der Waals surface area contributed by atoms with Gasteiger partial charge in [0.1, 0.15) is 5.01 Å². The largest absolute Gasteiger partial charge is 0.465 e. The molecule has 0 radical (unpaired) electrons. The quantitative estimate of drug-likeness (QED) is 0.679. The number of carbonyl (C=O) groups excluding carboxylic acids is 2. The number of amides is 1. The summed E-state index contributed by atoms with van der Waals surface area (Å²) in [6.07, 6.45) is 0.240. The first-order valence-electron chi connectivity index (χ1n) is 8.09. The number of benzene rings is 2. The average molecular weight is 366 g/mol. The highest BCUT2D eigenvalue weighted by Crippen LogP contribution is 2.23. The fourth-order valence-electron chi connectivity index (χ4n) is 2.41. The summed E-state index contributed by atoms with van der Waals surface area (Å²) < 4.78 is 4.66. The van der Waals surface area contributed by atoms with Crippen molar-refractivity contribution in [3.05, 3.63) is 76.8 Å². The van der Waals surface area contributed by atoms with Crippen LogP contribution >= 0.6 is 11.3 Å². The van der Waals surface area contributed by atoms with E-state index in [0.29, 0.717) is 12.1 Å². The molecular weight excluding hydrogens is 348 g/mol. The summed E-state index contributed by atoms with van der Waals surface area (Å²) in [5.41, 5.74) is 3.20. The van der Waals surface area contributed by atoms with Crippen LogP contribution in [0.4, 0.5) is 0 Å². The average Bonchev–Trinajstić information content (AvgIpc) is 3.15. The number of hydrogen-bond acceptors (Lipinski definition) is 5. The van der Waals surface area contributed by atoms with Crippen molar-refractivity contribution in [2.24, 2.45) is 0 Å². The molecule has 1 aromatic heterocycles. The molecule has 0 atom stereocenters. The van der Waals surface area contributed by atoms with E-state index >= 15 is 0 Å². The van der Waals surface area contributed by atoms with Crippen molar-refractivity contribution >= 4 is 23.2 Å². The van der Waals surface area contributed by atoms with Crippen molar-refractivity contribution in [1.29, 1.82) is 0 Å². The van der Waals surface area contributed by atoms with Gasteiger partial charge >= 0.3 is 5.97 Å². The van der Waals surface area contributed by atoms with Crippen LogP contribution in [0.15, 0.2) is 60.0 Å². The Hall–Kier alpha value is -2.99. The van der Waals surface area contributed by atoms with E-state index < -0.39 is 0 Å². The molecule has 2 aromatic carbocycles. The predicted molar refractivity (Wildman–Crippen MR) is 101 cm³/mol. The van der Waals surface area contributed by atoms with Gasteiger partial charge in [-0.05, 0) is 17.7 Å². The number of thiazole rings is 1. The molecule has 1 heterocycles. The summed E-state index contributed by atoms with van der Waals surface area (Å²) in [6, 6.07) is 16.8. The Balaban J connectivity index is 1.53. The molecular formula is C20H18N2O3S. The minimum atomic E-state index is -0.377. The van der Waals surface area contributed by atoms with Crippen molar-refractivity contribution < 1.29 is 14.3 Å². The molecule has 3 rings (SSSR count). The lowest BCUT2D eigenvalue weighted by Crippen LogP contribution is -2.24. The summed E-state index contributed by atoms with van der Waals surface area (Å²) >= 11 is 1.53. The molecule has 132 valence electrons. The number of aromatic nitrogens is 1. The highest BCUT2D eigenvalue weighted by molar-refractivity contribution is 7.13. The summed E-state index contributed by atoms with van der Waals surface area (Å²) in [5, 5.41) is 5.69. The third kappa shape index (κ3) is 4.55. The van der Waals surface area contributed by atoms with Crippen LogP contribution in [-0.2, 0) is 22.5 Å². The van der Waals surface area contributed by atoms with Crippen molar-refractivity contribution in [1.82, 2.24) is 10.3 Å². The Labute approximate surface area is 155 Å². The van der Waals surface area contributed by atoms with E-state index in [2.05, 4.69) is 15.0 Å². The van der Waals surface area contributed by atoms with Gasteiger partial charge in [0.25, 0.3) is 0 Å². The van der Waals surface area contributed by atoms with Gasteiger partial charge < -0.3 is 10.1 Å². The van der Waals surface area contributed by atoms with Crippen LogP contribution in [0.5, 0.6) is 0 Å². The first-order chi connectivity index (χ1) is 12.7. The number of carbonyl (C=O) groups is 2. The van der Waals surface area contributed by atoms with E-state index in [-0.39, 0.29) is 18.3 Å². The van der Waals surface area contributed by atoms with Gasteiger partial charge in [0.15, 0.2) is 0 Å². The first kappa shape index (κ1) is 17.8. The van der Waals surface area contributed by atoms with Gasteiger partial charge in [-0.3, -0.25) is 4.79 Å². The maximum atomic E-state index is 12.1. The molecule has 6 heteroatoms. The maximum absolute atomic E-state index is 12.1. The highest BCUT2D eigenvalue weighted by atomic mass is 32.1. The third-order valence-corrected chi connectivity index (χ3v) is 4.72. The molecule has 1 amide bonds. The SMILES string of the molecule is COC(=O)c1ccc(CNC(=O)Cc2csc(-c3ccccc3)n2)cc1. The fraction of sp³-hybridized carbons (Fsp3) is 0.150. The van der Waals surface area contributed by atoms with E-state index in [1.165, 1.54) is 18.4 Å². The zero-order valence-corrected chi connectivity index (χ0v) is 15.1. The van der Waals surface area contributed by atoms with Gasteiger partial charge in [-0.25, -0.2) is 9.78 Å². The van der Waals surface area contributed by atoms with E-state index in [1.807, 2.05) is 35.7 Å². The number of rotatable bonds is 6. The van der Waals surface area contributed by atoms with E-state index in [1.54, 1.807) is 24.3 Å². The Kier molecular flexibility index (Phi) is 5.76. The van der Waals surface area contributed by atoms with Crippen molar-refractivity contribution in [2.45, 2.75) is 13.0 Å². The van der Waals surface area contributed by atoms with Crippen LogP contribution in [0.1, 0.15) is 21.6 Å². The Morgan fingerprint density at radius 2 is 1.81 bits per heavy atom. The van der Waals surface area contributed by atoms with Crippen LogP contribution < -0.4 is 5.32 Å². The van der Waals surface area contributed by atoms with Crippen LogP contribution in [0.25, 0.3) is 10.6 Å². The number of nitrogens with one attached hydrogen (secondary N) is 1. The molecule has 5 nitrogen and oxygen atoms in total. The highest BCUT2D eigenvalue weighted by Gasteiger charge is 2.09. The Morgan fingerprint density at radius 1 is 1.08 bits per heavy atom. The third-order valence-electron chi connectivity index (χ3n) is 3.78. The molecule has 0 fully saturated rings. The Morgan fingerprint density at radius 3 is 2.50 bits per heavy atom. The monoisotopic (exact) mass is 366 g/mol. The van der Waals surface area contributed by atoms with E-state index in [0.717, 1.165) is 21.8 Å². The number of esters is 1. The smallest absolute Gasteiger partial charge is 0.337 e. The van der Waals surface area contributed by atoms with Crippen LogP contribution in [0, 0.1) is 0 Å². The van der Waals surface area contributed by atoms with Gasteiger partial charge in [-0.2, -0.15) is 0 Å². The minimum Gasteiger partial charge on any atom is -0.465 e. The number of ether oxygens (including phenoxy) is 1. The standard InChI is InChI=1S/C20H18N2O3S/c1-25-20(24)16-9-7-14(8-10-16)12-21-18(23)11-17-13-26-19(22-17)15-5-3-2-4-6-15/h2-10,13H,11-12H2,1H3,(H,21,23). The van der Waals surface area contributed by atoms with Gasteiger partial charge in [-0.1, -0.05) is 42.5 Å². The van der Waals surface area contributed by atoms with Crippen LogP contribution in [-0.4, -0.2) is 24.0 Å². The molecule has 0 spiro atoms. The topological polar surface area (TPSA) is 68.3 Å². The zero-order chi connectivity index (χ0) is 18.4.